The third-order valence-electron chi connectivity index (χ3n) is 2.20. The number of benzene rings is 1. The number of amides is 1. The Morgan fingerprint density at radius 3 is 2.50 bits per heavy atom. The molecular formula is C12H12N2OS. The van der Waals surface area contributed by atoms with Crippen LogP contribution in [0.5, 0.6) is 0 Å². The van der Waals surface area contributed by atoms with Gasteiger partial charge in [-0.05, 0) is 23.6 Å². The van der Waals surface area contributed by atoms with Crippen LogP contribution in [-0.2, 0) is 4.79 Å². The number of hydrogen-bond acceptors (Lipinski definition) is 3. The number of primary amides is 1. The topological polar surface area (TPSA) is 55.1 Å². The first-order chi connectivity index (χ1) is 7.77. The average molecular weight is 232 g/mol. The van der Waals surface area contributed by atoms with E-state index >= 15 is 0 Å². The Labute approximate surface area is 97.9 Å². The highest BCUT2D eigenvalue weighted by molar-refractivity contribution is 7.10. The van der Waals surface area contributed by atoms with Gasteiger partial charge >= 0.3 is 0 Å². The van der Waals surface area contributed by atoms with E-state index in [1.165, 1.54) is 11.3 Å². The first kappa shape index (κ1) is 10.7. The van der Waals surface area contributed by atoms with Crippen LogP contribution < -0.4 is 11.1 Å². The van der Waals surface area contributed by atoms with Crippen molar-refractivity contribution in [1.29, 1.82) is 0 Å². The van der Waals surface area contributed by atoms with E-state index in [-0.39, 0.29) is 5.91 Å². The molecule has 0 aliphatic carbocycles. The fourth-order valence-corrected chi connectivity index (χ4v) is 2.22. The summed E-state index contributed by atoms with van der Waals surface area (Å²) in [6, 6.07) is 12.9. The largest absolute Gasteiger partial charge is 0.369 e. The third kappa shape index (κ3) is 2.41. The van der Waals surface area contributed by atoms with Crippen molar-refractivity contribution in [3.8, 4) is 0 Å². The molecule has 16 heavy (non-hydrogen) atoms. The predicted molar refractivity (Wildman–Crippen MR) is 66.3 cm³/mol. The first-order valence-corrected chi connectivity index (χ1v) is 5.79. The number of carbonyl (C=O) groups excluding carboxylic acids is 1. The maximum absolute atomic E-state index is 11.4. The van der Waals surface area contributed by atoms with Crippen molar-refractivity contribution in [2.75, 3.05) is 5.32 Å². The molecule has 0 fully saturated rings. The minimum absolute atomic E-state index is 0.369. The maximum atomic E-state index is 11.4. The molecular weight excluding hydrogens is 220 g/mol. The van der Waals surface area contributed by atoms with Gasteiger partial charge in [0.2, 0.25) is 5.91 Å². The van der Waals surface area contributed by atoms with Crippen molar-refractivity contribution >= 4 is 22.9 Å². The number of carbonyl (C=O) groups is 1. The molecule has 0 radical (unpaired) electrons. The molecule has 3 N–H and O–H groups in total. The van der Waals surface area contributed by atoms with Gasteiger partial charge in [-0.15, -0.1) is 11.3 Å². The highest BCUT2D eigenvalue weighted by atomic mass is 32.1. The van der Waals surface area contributed by atoms with Gasteiger partial charge in [0.1, 0.15) is 6.04 Å². The average Bonchev–Trinajstić information content (AvgIpc) is 2.80. The molecule has 0 spiro atoms. The number of rotatable bonds is 4. The van der Waals surface area contributed by atoms with Crippen LogP contribution in [-0.4, -0.2) is 5.91 Å². The molecule has 0 saturated carbocycles. The molecule has 2 aromatic rings. The van der Waals surface area contributed by atoms with Gasteiger partial charge in [0, 0.05) is 10.6 Å². The van der Waals surface area contributed by atoms with Crippen LogP contribution in [0.2, 0.25) is 0 Å². The van der Waals surface area contributed by atoms with E-state index in [0.29, 0.717) is 0 Å². The van der Waals surface area contributed by atoms with Gasteiger partial charge in [-0.2, -0.15) is 0 Å². The van der Waals surface area contributed by atoms with Gasteiger partial charge in [0.15, 0.2) is 0 Å². The molecule has 0 aliphatic heterocycles. The van der Waals surface area contributed by atoms with Gasteiger partial charge < -0.3 is 11.1 Å². The second-order valence-electron chi connectivity index (χ2n) is 3.36. The van der Waals surface area contributed by atoms with Gasteiger partial charge in [-0.3, -0.25) is 4.79 Å². The van der Waals surface area contributed by atoms with Crippen LogP contribution in [0.25, 0.3) is 0 Å². The summed E-state index contributed by atoms with van der Waals surface area (Å²) < 4.78 is 0. The third-order valence-corrected chi connectivity index (χ3v) is 3.13. The summed E-state index contributed by atoms with van der Waals surface area (Å²) in [7, 11) is 0. The molecule has 82 valence electrons. The zero-order chi connectivity index (χ0) is 11.4. The minimum Gasteiger partial charge on any atom is -0.369 e. The molecule has 2 rings (SSSR count). The van der Waals surface area contributed by atoms with Crippen LogP contribution in [0, 0.1) is 0 Å². The van der Waals surface area contributed by atoms with Gasteiger partial charge in [0.25, 0.3) is 0 Å². The molecule has 0 aliphatic rings. The first-order valence-electron chi connectivity index (χ1n) is 4.91. The summed E-state index contributed by atoms with van der Waals surface area (Å²) in [5, 5.41) is 5.05. The van der Waals surface area contributed by atoms with Crippen molar-refractivity contribution in [1.82, 2.24) is 0 Å². The highest BCUT2D eigenvalue weighted by Crippen LogP contribution is 2.23. The van der Waals surface area contributed by atoms with Gasteiger partial charge in [-0.25, -0.2) is 0 Å². The van der Waals surface area contributed by atoms with Crippen LogP contribution in [0.4, 0.5) is 5.69 Å². The Morgan fingerprint density at radius 1 is 1.19 bits per heavy atom. The Morgan fingerprint density at radius 2 is 1.94 bits per heavy atom. The summed E-state index contributed by atoms with van der Waals surface area (Å²) in [6.07, 6.45) is 0. The summed E-state index contributed by atoms with van der Waals surface area (Å²) in [4.78, 5) is 12.3. The van der Waals surface area contributed by atoms with Crippen molar-refractivity contribution < 1.29 is 4.79 Å². The summed E-state index contributed by atoms with van der Waals surface area (Å²) >= 11 is 1.52. The number of nitrogens with two attached hydrogens (primary N) is 1. The number of nitrogens with one attached hydrogen (secondary N) is 1. The Bertz CT molecular complexity index is 453. The highest BCUT2D eigenvalue weighted by Gasteiger charge is 2.18. The lowest BCUT2D eigenvalue weighted by molar-refractivity contribution is -0.118. The van der Waals surface area contributed by atoms with E-state index in [9.17, 15) is 4.79 Å². The zero-order valence-corrected chi connectivity index (χ0v) is 9.41. The van der Waals surface area contributed by atoms with Crippen molar-refractivity contribution in [3.05, 3.63) is 52.7 Å². The van der Waals surface area contributed by atoms with Crippen molar-refractivity contribution in [2.24, 2.45) is 5.73 Å². The number of thiophene rings is 1. The summed E-state index contributed by atoms with van der Waals surface area (Å²) in [5.41, 5.74) is 6.27. The second-order valence-corrected chi connectivity index (χ2v) is 4.34. The smallest absolute Gasteiger partial charge is 0.245 e. The Hall–Kier alpha value is -1.81. The fraction of sp³-hybridized carbons (Fsp3) is 0.0833. The van der Waals surface area contributed by atoms with Crippen LogP contribution in [0.1, 0.15) is 10.9 Å². The molecule has 3 nitrogen and oxygen atoms in total. The number of para-hydroxylation sites is 1. The van der Waals surface area contributed by atoms with E-state index in [1.807, 2.05) is 47.8 Å². The van der Waals surface area contributed by atoms with E-state index in [4.69, 9.17) is 5.73 Å². The summed E-state index contributed by atoms with van der Waals surface area (Å²) in [5.74, 6) is -0.369. The van der Waals surface area contributed by atoms with Crippen LogP contribution in [0.3, 0.4) is 0 Å². The van der Waals surface area contributed by atoms with E-state index in [0.717, 1.165) is 10.6 Å². The maximum Gasteiger partial charge on any atom is 0.245 e. The fourth-order valence-electron chi connectivity index (χ4n) is 1.44. The molecule has 1 aromatic heterocycles. The zero-order valence-electron chi connectivity index (χ0n) is 8.59. The van der Waals surface area contributed by atoms with Crippen molar-refractivity contribution in [3.63, 3.8) is 0 Å². The number of hydrogen-bond donors (Lipinski definition) is 2. The van der Waals surface area contributed by atoms with Gasteiger partial charge in [-0.1, -0.05) is 24.3 Å². The Balaban J connectivity index is 2.19. The second kappa shape index (κ2) is 4.81. The molecule has 4 heteroatoms. The predicted octanol–water partition coefficient (Wildman–Crippen LogP) is 2.39. The molecule has 1 amide bonds. The normalized spacial score (nSPS) is 12.0. The van der Waals surface area contributed by atoms with Gasteiger partial charge in [0.05, 0.1) is 0 Å². The van der Waals surface area contributed by atoms with E-state index in [1.54, 1.807) is 0 Å². The quantitative estimate of drug-likeness (QED) is 0.850. The molecule has 1 aromatic carbocycles. The Kier molecular flexibility index (Phi) is 3.22. The SMILES string of the molecule is NC(=O)C(Nc1ccccc1)c1cccs1. The molecule has 1 heterocycles. The van der Waals surface area contributed by atoms with Crippen LogP contribution >= 0.6 is 11.3 Å². The lowest BCUT2D eigenvalue weighted by Crippen LogP contribution is -2.26. The lowest BCUT2D eigenvalue weighted by atomic mass is 10.2. The van der Waals surface area contributed by atoms with E-state index in [2.05, 4.69) is 5.32 Å². The molecule has 0 bridgehead atoms. The standard InChI is InChI=1S/C12H12N2OS/c13-12(15)11(10-7-4-8-16-10)14-9-5-2-1-3-6-9/h1-8,11,14H,(H2,13,15). The number of anilines is 1. The van der Waals surface area contributed by atoms with E-state index < -0.39 is 6.04 Å². The molecule has 1 unspecified atom stereocenters. The minimum atomic E-state index is -0.456. The van der Waals surface area contributed by atoms with Crippen LogP contribution in [0.15, 0.2) is 47.8 Å². The lowest BCUT2D eigenvalue weighted by Gasteiger charge is -2.14. The monoisotopic (exact) mass is 232 g/mol. The summed E-state index contributed by atoms with van der Waals surface area (Å²) in [6.45, 7) is 0. The van der Waals surface area contributed by atoms with Crippen molar-refractivity contribution in [2.45, 2.75) is 6.04 Å². The molecule has 1 atom stereocenters. The molecule has 0 saturated heterocycles.